The molecule has 3 rings (SSSR count). The Morgan fingerprint density at radius 1 is 1.23 bits per heavy atom. The van der Waals surface area contributed by atoms with Crippen molar-refractivity contribution in [2.45, 2.75) is 11.4 Å². The van der Waals surface area contributed by atoms with E-state index in [1.807, 2.05) is 48.3 Å². The minimum Gasteiger partial charge on any atom is -0.395 e. The second-order valence-corrected chi connectivity index (χ2v) is 6.90. The van der Waals surface area contributed by atoms with Gasteiger partial charge >= 0.3 is 0 Å². The third-order valence-corrected chi connectivity index (χ3v) is 4.78. The highest BCUT2D eigenvalue weighted by Gasteiger charge is 2.18. The van der Waals surface area contributed by atoms with Crippen LogP contribution < -0.4 is 5.14 Å². The molecule has 136 valence electrons. The molecule has 26 heavy (non-hydrogen) atoms. The van der Waals surface area contributed by atoms with Crippen LogP contribution in [0, 0.1) is 0 Å². The molecule has 3 aromatic rings. The molecule has 1 aromatic heterocycles. The van der Waals surface area contributed by atoms with E-state index in [4.69, 9.17) is 10.2 Å². The van der Waals surface area contributed by atoms with Gasteiger partial charge in [-0.15, -0.1) is 10.2 Å². The number of H-pyrrole nitrogens is 1. The Morgan fingerprint density at radius 2 is 2.00 bits per heavy atom. The summed E-state index contributed by atoms with van der Waals surface area (Å²) in [6, 6.07) is 13.4. The molecule has 0 aliphatic rings. The van der Waals surface area contributed by atoms with E-state index < -0.39 is 11.0 Å². The molecule has 9 heteroatoms. The fourth-order valence-electron chi connectivity index (χ4n) is 2.79. The maximum absolute atomic E-state index is 12.0. The molecule has 4 N–H and O–H groups in total. The smallest absolute Gasteiger partial charge is 0.206 e. The molecule has 0 aliphatic carbocycles. The molecule has 1 atom stereocenters. The first-order valence-corrected chi connectivity index (χ1v) is 9.23. The van der Waals surface area contributed by atoms with Gasteiger partial charge in [-0.05, 0) is 35.0 Å². The number of nitrogens with one attached hydrogen (secondary N) is 1. The summed E-state index contributed by atoms with van der Waals surface area (Å²) in [4.78, 5) is 2.49. The van der Waals surface area contributed by atoms with Crippen LogP contribution in [0.3, 0.4) is 0 Å². The molecule has 0 saturated carbocycles. The molecular weight excluding hydrogens is 352 g/mol. The van der Waals surface area contributed by atoms with Crippen LogP contribution in [0.2, 0.25) is 0 Å². The Kier molecular flexibility index (Phi) is 5.84. The van der Waals surface area contributed by atoms with E-state index in [-0.39, 0.29) is 6.61 Å². The van der Waals surface area contributed by atoms with Crippen LogP contribution in [0.5, 0.6) is 0 Å². The molecule has 1 heterocycles. The molecule has 0 saturated heterocycles. The third-order valence-electron chi connectivity index (χ3n) is 4.01. The fourth-order valence-corrected chi connectivity index (χ4v) is 3.40. The number of benzene rings is 2. The van der Waals surface area contributed by atoms with E-state index in [0.29, 0.717) is 22.8 Å². The Balaban J connectivity index is 1.99. The van der Waals surface area contributed by atoms with Gasteiger partial charge < -0.3 is 5.11 Å². The lowest BCUT2D eigenvalue weighted by Gasteiger charge is -2.16. The summed E-state index contributed by atoms with van der Waals surface area (Å²) in [6.07, 6.45) is 0. The molecule has 0 fully saturated rings. The van der Waals surface area contributed by atoms with Crippen LogP contribution in [0.25, 0.3) is 22.5 Å². The number of tetrazole rings is 1. The van der Waals surface area contributed by atoms with Crippen molar-refractivity contribution >= 4 is 11.0 Å². The zero-order chi connectivity index (χ0) is 18.5. The summed E-state index contributed by atoms with van der Waals surface area (Å²) in [6.45, 7) is 1.49. The Morgan fingerprint density at radius 3 is 2.62 bits per heavy atom. The molecule has 8 nitrogen and oxygen atoms in total. The molecule has 0 amide bonds. The maximum Gasteiger partial charge on any atom is 0.206 e. The number of rotatable bonds is 7. The van der Waals surface area contributed by atoms with Gasteiger partial charge in [0.1, 0.15) is 11.0 Å². The Hall–Kier alpha value is -2.46. The number of aromatic nitrogens is 4. The first-order valence-electron chi connectivity index (χ1n) is 8.02. The van der Waals surface area contributed by atoms with E-state index in [1.54, 1.807) is 6.07 Å². The first-order chi connectivity index (χ1) is 12.6. The van der Waals surface area contributed by atoms with Crippen molar-refractivity contribution in [3.05, 3.63) is 48.0 Å². The van der Waals surface area contributed by atoms with Gasteiger partial charge in [0.25, 0.3) is 0 Å². The quantitative estimate of drug-likeness (QED) is 0.567. The lowest BCUT2D eigenvalue weighted by Crippen LogP contribution is -2.21. The van der Waals surface area contributed by atoms with Crippen molar-refractivity contribution in [2.24, 2.45) is 5.14 Å². The number of aromatic amines is 1. The molecule has 0 bridgehead atoms. The van der Waals surface area contributed by atoms with Gasteiger partial charge in [-0.2, -0.15) is 5.21 Å². The van der Waals surface area contributed by atoms with Crippen LogP contribution in [0.1, 0.15) is 5.56 Å². The Labute approximate surface area is 153 Å². The Bertz CT molecular complexity index is 883. The van der Waals surface area contributed by atoms with Crippen LogP contribution >= 0.6 is 0 Å². The van der Waals surface area contributed by atoms with Crippen LogP contribution in [-0.2, 0) is 17.5 Å². The molecule has 0 radical (unpaired) electrons. The standard InChI is InChI=1S/C17H20N6O2S/c1-23(9-10-24)11-12-5-7-13(8-6-12)14-3-2-4-15(26(18)25)16(14)17-19-21-22-20-17/h2-8,24H,9-11,18H2,1H3,(H,19,20,21,22). The van der Waals surface area contributed by atoms with Crippen LogP contribution in [0.4, 0.5) is 0 Å². The van der Waals surface area contributed by atoms with Gasteiger partial charge in [0.2, 0.25) is 5.82 Å². The lowest BCUT2D eigenvalue weighted by atomic mass is 9.98. The van der Waals surface area contributed by atoms with Gasteiger partial charge in [-0.3, -0.25) is 4.90 Å². The largest absolute Gasteiger partial charge is 0.395 e. The van der Waals surface area contributed by atoms with Crippen molar-refractivity contribution in [3.63, 3.8) is 0 Å². The summed E-state index contributed by atoms with van der Waals surface area (Å²) < 4.78 is 12.0. The van der Waals surface area contributed by atoms with Crippen molar-refractivity contribution in [2.75, 3.05) is 20.2 Å². The van der Waals surface area contributed by atoms with Gasteiger partial charge in [-0.1, -0.05) is 36.4 Å². The number of hydrogen-bond acceptors (Lipinski definition) is 6. The number of nitrogens with two attached hydrogens (primary N) is 1. The monoisotopic (exact) mass is 372 g/mol. The van der Waals surface area contributed by atoms with Crippen molar-refractivity contribution in [1.29, 1.82) is 0 Å². The number of nitrogens with zero attached hydrogens (tertiary/aromatic N) is 4. The van der Waals surface area contributed by atoms with Crippen LogP contribution in [-0.4, -0.2) is 55.0 Å². The van der Waals surface area contributed by atoms with E-state index in [0.717, 1.165) is 23.2 Å². The van der Waals surface area contributed by atoms with Crippen molar-refractivity contribution < 1.29 is 9.32 Å². The first kappa shape index (κ1) is 18.3. The number of aliphatic hydroxyl groups excluding tert-OH is 1. The second-order valence-electron chi connectivity index (χ2n) is 5.87. The summed E-state index contributed by atoms with van der Waals surface area (Å²) in [7, 11) is 0.281. The molecule has 0 spiro atoms. The maximum atomic E-state index is 12.0. The minimum absolute atomic E-state index is 0.131. The average molecular weight is 372 g/mol. The molecule has 1 unspecified atom stereocenters. The summed E-state index contributed by atoms with van der Waals surface area (Å²) in [5.74, 6) is 0.348. The van der Waals surface area contributed by atoms with Gasteiger partial charge in [0.15, 0.2) is 0 Å². The fraction of sp³-hybridized carbons (Fsp3) is 0.235. The minimum atomic E-state index is -1.68. The van der Waals surface area contributed by atoms with Crippen LogP contribution in [0.15, 0.2) is 47.4 Å². The summed E-state index contributed by atoms with van der Waals surface area (Å²) >= 11 is 0. The normalized spacial score (nSPS) is 12.5. The SMILES string of the molecule is CN(CCO)Cc1ccc(-c2cccc(S(N)=O)c2-c2nn[nH]n2)cc1. The van der Waals surface area contributed by atoms with E-state index in [1.165, 1.54) is 0 Å². The number of likely N-dealkylation sites (N-methyl/N-ethyl adjacent to an activating group) is 1. The highest BCUT2D eigenvalue weighted by Crippen LogP contribution is 2.34. The second kappa shape index (κ2) is 8.28. The van der Waals surface area contributed by atoms with Crippen molar-refractivity contribution in [1.82, 2.24) is 25.5 Å². The average Bonchev–Trinajstić information content (AvgIpc) is 3.16. The lowest BCUT2D eigenvalue weighted by molar-refractivity contribution is 0.217. The van der Waals surface area contributed by atoms with Crippen molar-refractivity contribution in [3.8, 4) is 22.5 Å². The summed E-state index contributed by atoms with van der Waals surface area (Å²) in [5.41, 5.74) is 3.50. The predicted octanol–water partition coefficient (Wildman–Crippen LogP) is 0.939. The molecular formula is C17H20N6O2S. The third kappa shape index (κ3) is 4.02. The predicted molar refractivity (Wildman–Crippen MR) is 99.1 cm³/mol. The summed E-state index contributed by atoms with van der Waals surface area (Å²) in [5, 5.41) is 28.7. The molecule has 0 aliphatic heterocycles. The number of hydrogen-bond donors (Lipinski definition) is 3. The van der Waals surface area contributed by atoms with E-state index >= 15 is 0 Å². The molecule has 2 aromatic carbocycles. The van der Waals surface area contributed by atoms with Gasteiger partial charge in [0, 0.05) is 18.7 Å². The zero-order valence-electron chi connectivity index (χ0n) is 14.3. The van der Waals surface area contributed by atoms with Gasteiger partial charge in [-0.25, -0.2) is 9.35 Å². The van der Waals surface area contributed by atoms with Gasteiger partial charge in [0.05, 0.1) is 11.5 Å². The highest BCUT2D eigenvalue weighted by atomic mass is 32.2. The topological polar surface area (TPSA) is 121 Å². The van der Waals surface area contributed by atoms with E-state index in [2.05, 4.69) is 20.6 Å². The van der Waals surface area contributed by atoms with E-state index in [9.17, 15) is 4.21 Å². The highest BCUT2D eigenvalue weighted by molar-refractivity contribution is 7.82. The zero-order valence-corrected chi connectivity index (χ0v) is 15.1. The number of aliphatic hydroxyl groups is 1.